The first-order chi connectivity index (χ1) is 15.5. The van der Waals surface area contributed by atoms with Gasteiger partial charge in [0, 0.05) is 11.5 Å². The third-order valence-electron chi connectivity index (χ3n) is 6.59. The van der Waals surface area contributed by atoms with Gasteiger partial charge in [0.15, 0.2) is 17.5 Å². The van der Waals surface area contributed by atoms with Gasteiger partial charge in [-0.05, 0) is 55.2 Å². The van der Waals surface area contributed by atoms with Crippen molar-refractivity contribution in [3.63, 3.8) is 0 Å². The Labute approximate surface area is 189 Å². The average molecular weight is 443 g/mol. The minimum absolute atomic E-state index is 0.142. The van der Waals surface area contributed by atoms with E-state index in [2.05, 4.69) is 24.1 Å². The zero-order valence-electron chi connectivity index (χ0n) is 19.0. The lowest BCUT2D eigenvalue weighted by Gasteiger charge is -2.34. The Hall–Kier alpha value is -2.43. The van der Waals surface area contributed by atoms with Crippen LogP contribution in [-0.4, -0.2) is 11.9 Å². The van der Waals surface area contributed by atoms with Gasteiger partial charge in [-0.1, -0.05) is 69.9 Å². The van der Waals surface area contributed by atoms with Crippen molar-refractivity contribution in [2.24, 2.45) is 28.0 Å². The van der Waals surface area contributed by atoms with Crippen LogP contribution in [0.5, 0.6) is 0 Å². The van der Waals surface area contributed by atoms with Crippen molar-refractivity contribution in [2.45, 2.75) is 65.2 Å². The zero-order chi connectivity index (χ0) is 22.9. The van der Waals surface area contributed by atoms with Gasteiger partial charge in [-0.15, -0.1) is 0 Å². The van der Waals surface area contributed by atoms with Gasteiger partial charge >= 0.3 is 0 Å². The smallest absolute Gasteiger partial charge is 0.194 e. The highest BCUT2D eigenvalue weighted by Crippen LogP contribution is 2.38. The van der Waals surface area contributed by atoms with Crippen LogP contribution in [0.3, 0.4) is 0 Å². The molecule has 0 saturated heterocycles. The van der Waals surface area contributed by atoms with E-state index in [1.165, 1.54) is 44.7 Å². The van der Waals surface area contributed by atoms with Gasteiger partial charge in [-0.3, -0.25) is 0 Å². The molecule has 0 amide bonds. The van der Waals surface area contributed by atoms with Crippen molar-refractivity contribution in [1.82, 2.24) is 0 Å². The molecule has 0 spiro atoms. The SMILES string of the molecule is CCCC(CCC)C1CCC(C(=NN=Cc2cc(F)c(F)c(F)c2)c2ccccc2)CC1. The van der Waals surface area contributed by atoms with E-state index < -0.39 is 17.5 Å². The maximum atomic E-state index is 13.5. The second kappa shape index (κ2) is 12.0. The molecule has 0 radical (unpaired) electrons. The first-order valence-electron chi connectivity index (χ1n) is 11.8. The third kappa shape index (κ3) is 6.30. The molecule has 32 heavy (non-hydrogen) atoms. The van der Waals surface area contributed by atoms with Crippen molar-refractivity contribution in [3.8, 4) is 0 Å². The molecular weight excluding hydrogens is 409 g/mol. The Balaban J connectivity index is 1.77. The van der Waals surface area contributed by atoms with Crippen molar-refractivity contribution < 1.29 is 13.2 Å². The second-order valence-electron chi connectivity index (χ2n) is 8.84. The van der Waals surface area contributed by atoms with Gasteiger partial charge in [0.25, 0.3) is 0 Å². The summed E-state index contributed by atoms with van der Waals surface area (Å²) in [5.41, 5.74) is 2.07. The molecule has 1 aliphatic rings. The fourth-order valence-corrected chi connectivity index (χ4v) is 5.01. The number of halogens is 3. The Morgan fingerprint density at radius 1 is 0.938 bits per heavy atom. The molecule has 0 aromatic heterocycles. The number of hydrogen-bond donors (Lipinski definition) is 0. The molecule has 2 aromatic rings. The van der Waals surface area contributed by atoms with E-state index in [4.69, 9.17) is 0 Å². The summed E-state index contributed by atoms with van der Waals surface area (Å²) in [5, 5.41) is 8.61. The second-order valence-corrected chi connectivity index (χ2v) is 8.84. The Kier molecular flexibility index (Phi) is 9.07. The summed E-state index contributed by atoms with van der Waals surface area (Å²) in [4.78, 5) is 0. The first kappa shape index (κ1) is 24.2. The van der Waals surface area contributed by atoms with Crippen molar-refractivity contribution in [1.29, 1.82) is 0 Å². The third-order valence-corrected chi connectivity index (χ3v) is 6.59. The Morgan fingerprint density at radius 2 is 1.53 bits per heavy atom. The number of nitrogens with zero attached hydrogens (tertiary/aromatic N) is 2. The molecular formula is C27H33F3N2. The normalized spacial score (nSPS) is 19.8. The van der Waals surface area contributed by atoms with E-state index in [1.807, 2.05) is 30.3 Å². The molecule has 0 atom stereocenters. The van der Waals surface area contributed by atoms with E-state index in [1.54, 1.807) is 0 Å². The van der Waals surface area contributed by atoms with E-state index in [0.717, 1.165) is 48.1 Å². The first-order valence-corrected chi connectivity index (χ1v) is 11.8. The summed E-state index contributed by atoms with van der Waals surface area (Å²) in [6.07, 6.45) is 10.9. The number of benzene rings is 2. The predicted molar refractivity (Wildman–Crippen MR) is 126 cm³/mol. The Bertz CT molecular complexity index is 887. The lowest BCUT2D eigenvalue weighted by Crippen LogP contribution is -2.26. The van der Waals surface area contributed by atoms with Gasteiger partial charge in [0.1, 0.15) is 0 Å². The zero-order valence-corrected chi connectivity index (χ0v) is 19.0. The monoisotopic (exact) mass is 442 g/mol. The highest BCUT2D eigenvalue weighted by Gasteiger charge is 2.29. The van der Waals surface area contributed by atoms with Crippen LogP contribution < -0.4 is 0 Å². The molecule has 0 N–H and O–H groups in total. The maximum Gasteiger partial charge on any atom is 0.194 e. The molecule has 1 aliphatic carbocycles. The van der Waals surface area contributed by atoms with Crippen molar-refractivity contribution >= 4 is 11.9 Å². The van der Waals surface area contributed by atoms with Crippen LogP contribution in [0, 0.1) is 35.2 Å². The molecule has 2 nitrogen and oxygen atoms in total. The molecule has 1 saturated carbocycles. The van der Waals surface area contributed by atoms with Crippen LogP contribution in [0.4, 0.5) is 13.2 Å². The summed E-state index contributed by atoms with van der Waals surface area (Å²) in [5.74, 6) is -2.05. The Morgan fingerprint density at radius 3 is 2.09 bits per heavy atom. The summed E-state index contributed by atoms with van der Waals surface area (Å²) >= 11 is 0. The van der Waals surface area contributed by atoms with Gasteiger partial charge in [-0.2, -0.15) is 10.2 Å². The van der Waals surface area contributed by atoms with Crippen LogP contribution in [0.1, 0.15) is 76.3 Å². The molecule has 0 unspecified atom stereocenters. The highest BCUT2D eigenvalue weighted by atomic mass is 19.2. The van der Waals surface area contributed by atoms with Crippen molar-refractivity contribution in [2.75, 3.05) is 0 Å². The van der Waals surface area contributed by atoms with E-state index >= 15 is 0 Å². The van der Waals surface area contributed by atoms with E-state index in [-0.39, 0.29) is 5.56 Å². The van der Waals surface area contributed by atoms with Gasteiger partial charge in [0.2, 0.25) is 0 Å². The van der Waals surface area contributed by atoms with Crippen molar-refractivity contribution in [3.05, 3.63) is 71.0 Å². The molecule has 0 aliphatic heterocycles. The molecule has 0 bridgehead atoms. The maximum absolute atomic E-state index is 13.5. The van der Waals surface area contributed by atoms with Crippen LogP contribution in [0.2, 0.25) is 0 Å². The average Bonchev–Trinajstić information content (AvgIpc) is 2.81. The molecule has 3 rings (SSSR count). The summed E-state index contributed by atoms with van der Waals surface area (Å²) in [7, 11) is 0. The fraction of sp³-hybridized carbons (Fsp3) is 0.481. The summed E-state index contributed by atoms with van der Waals surface area (Å²) in [6.45, 7) is 4.54. The minimum atomic E-state index is -1.48. The summed E-state index contributed by atoms with van der Waals surface area (Å²) < 4.78 is 40.1. The number of hydrogen-bond acceptors (Lipinski definition) is 2. The number of rotatable bonds is 9. The molecule has 1 fully saturated rings. The topological polar surface area (TPSA) is 24.7 Å². The predicted octanol–water partition coefficient (Wildman–Crippen LogP) is 7.95. The lowest BCUT2D eigenvalue weighted by molar-refractivity contribution is 0.206. The quantitative estimate of drug-likeness (QED) is 0.214. The van der Waals surface area contributed by atoms with E-state index in [9.17, 15) is 13.2 Å². The van der Waals surface area contributed by atoms with Crippen LogP contribution in [-0.2, 0) is 0 Å². The minimum Gasteiger partial charge on any atom is -0.204 e. The molecule has 172 valence electrons. The van der Waals surface area contributed by atoms with E-state index in [0.29, 0.717) is 5.92 Å². The molecule has 5 heteroatoms. The van der Waals surface area contributed by atoms with Crippen LogP contribution in [0.25, 0.3) is 0 Å². The van der Waals surface area contributed by atoms with Crippen LogP contribution >= 0.6 is 0 Å². The summed E-state index contributed by atoms with van der Waals surface area (Å²) in [6, 6.07) is 11.8. The van der Waals surface area contributed by atoms with Crippen LogP contribution in [0.15, 0.2) is 52.7 Å². The van der Waals surface area contributed by atoms with Gasteiger partial charge in [-0.25, -0.2) is 13.2 Å². The largest absolute Gasteiger partial charge is 0.204 e. The van der Waals surface area contributed by atoms with Gasteiger partial charge in [0.05, 0.1) is 11.9 Å². The standard InChI is InChI=1S/C27H33F3N2/c1-3-8-20(9-4-2)21-12-14-23(15-13-21)27(22-10-6-5-7-11-22)32-31-18-19-16-24(28)26(30)25(29)17-19/h5-7,10-11,16-18,20-21,23H,3-4,8-9,12-15H2,1-2H3. The fourth-order valence-electron chi connectivity index (χ4n) is 5.01. The molecule has 2 aromatic carbocycles. The molecule has 0 heterocycles. The lowest BCUT2D eigenvalue weighted by atomic mass is 9.71. The highest BCUT2D eigenvalue weighted by molar-refractivity contribution is 6.02. The van der Waals surface area contributed by atoms with Gasteiger partial charge < -0.3 is 0 Å².